The average molecular weight is 578 g/mol. The molecule has 1 saturated heterocycles. The first kappa shape index (κ1) is 25.5. The van der Waals surface area contributed by atoms with Crippen molar-refractivity contribution in [2.24, 2.45) is 5.16 Å². The van der Waals surface area contributed by atoms with Crippen LogP contribution >= 0.6 is 34.9 Å². The number of fused-ring (bicyclic) bond motifs is 2. The molecule has 0 aliphatic carbocycles. The van der Waals surface area contributed by atoms with Crippen LogP contribution in [-0.2, 0) is 24.0 Å². The number of amides is 2. The van der Waals surface area contributed by atoms with Crippen LogP contribution in [0.3, 0.4) is 0 Å². The summed E-state index contributed by atoms with van der Waals surface area (Å²) in [7, 11) is 0. The van der Waals surface area contributed by atoms with Crippen LogP contribution in [0.25, 0.3) is 5.65 Å². The molecule has 0 saturated carbocycles. The summed E-state index contributed by atoms with van der Waals surface area (Å²) in [5.74, 6) is -3.41. The van der Waals surface area contributed by atoms with Gasteiger partial charge in [0.2, 0.25) is 6.61 Å². The highest BCUT2D eigenvalue weighted by Gasteiger charge is 2.54. The Bertz CT molecular complexity index is 1490. The number of nitrogens with one attached hydrogen (secondary N) is 1. The van der Waals surface area contributed by atoms with Crippen molar-refractivity contribution < 1.29 is 34.2 Å². The zero-order valence-electron chi connectivity index (χ0n) is 18.8. The molecule has 2 atom stereocenters. The van der Waals surface area contributed by atoms with Gasteiger partial charge in [0.1, 0.15) is 27.8 Å². The van der Waals surface area contributed by atoms with E-state index in [4.69, 9.17) is 9.94 Å². The molecule has 1 fully saturated rings. The van der Waals surface area contributed by atoms with Gasteiger partial charge in [-0.25, -0.2) is 14.6 Å². The summed E-state index contributed by atoms with van der Waals surface area (Å²) >= 11 is 3.75. The van der Waals surface area contributed by atoms with E-state index in [0.29, 0.717) is 22.0 Å². The molecule has 16 nitrogen and oxygen atoms in total. The summed E-state index contributed by atoms with van der Waals surface area (Å²) in [4.78, 5) is 58.6. The quantitative estimate of drug-likeness (QED) is 0.118. The molecule has 0 radical (unpaired) electrons. The zero-order chi connectivity index (χ0) is 26.8. The molecule has 2 aliphatic heterocycles. The summed E-state index contributed by atoms with van der Waals surface area (Å²) in [6.45, 7) is -0.776. The van der Waals surface area contributed by atoms with Gasteiger partial charge in [-0.15, -0.1) is 49.7 Å². The second-order valence-corrected chi connectivity index (χ2v) is 10.4. The number of β-lactam (4-membered cyclic amide) rings is 1. The van der Waals surface area contributed by atoms with Crippen LogP contribution < -0.4 is 5.32 Å². The topological polar surface area (TPSA) is 214 Å². The van der Waals surface area contributed by atoms with E-state index in [1.807, 2.05) is 0 Å². The highest BCUT2D eigenvalue weighted by molar-refractivity contribution is 8.01. The van der Waals surface area contributed by atoms with Gasteiger partial charge < -0.3 is 20.4 Å². The van der Waals surface area contributed by atoms with E-state index in [0.717, 1.165) is 4.90 Å². The molecule has 3 aromatic rings. The lowest BCUT2D eigenvalue weighted by Gasteiger charge is -2.49. The minimum absolute atomic E-state index is 0.136. The van der Waals surface area contributed by atoms with E-state index in [9.17, 15) is 24.3 Å². The van der Waals surface area contributed by atoms with Gasteiger partial charge in [0.05, 0.1) is 5.51 Å². The third kappa shape index (κ3) is 5.02. The lowest BCUT2D eigenvalue weighted by molar-refractivity contribution is -0.150. The molecular formula is C19H15N9O7S3. The summed E-state index contributed by atoms with van der Waals surface area (Å²) in [6, 6.07) is 2.36. The highest BCUT2D eigenvalue weighted by atomic mass is 32.2. The average Bonchev–Trinajstić information content (AvgIpc) is 3.59. The number of thiazole rings is 1. The molecular weight excluding hydrogens is 562 g/mol. The number of aromatic nitrogens is 6. The number of hydrogen-bond donors (Lipinski definition) is 3. The number of aliphatic carboxylic acids is 2. The number of rotatable bonds is 10. The predicted octanol–water partition coefficient (Wildman–Crippen LogP) is -0.688. The van der Waals surface area contributed by atoms with Crippen molar-refractivity contribution in [3.8, 4) is 0 Å². The maximum absolute atomic E-state index is 13.0. The van der Waals surface area contributed by atoms with Gasteiger partial charge in [-0.1, -0.05) is 5.16 Å². The third-order valence-corrected chi connectivity index (χ3v) is 8.14. The SMILES string of the molecule is O=C(O)CON=C(C(=O)NC1C(=O)N2C(C(=O)O)=C(CSc3ccc4nnnn4n3)CS[C@H]12)c1cscn1. The molecule has 2 aliphatic rings. The molecule has 0 aromatic carbocycles. The predicted molar refractivity (Wildman–Crippen MR) is 131 cm³/mol. The number of thioether (sulfide) groups is 2. The number of carbonyl (C=O) groups is 4. The van der Waals surface area contributed by atoms with E-state index in [-0.39, 0.29) is 22.9 Å². The van der Waals surface area contributed by atoms with Crippen LogP contribution in [0.4, 0.5) is 0 Å². The molecule has 3 aromatic heterocycles. The summed E-state index contributed by atoms with van der Waals surface area (Å²) in [5.41, 5.74) is 2.12. The Balaban J connectivity index is 1.29. The van der Waals surface area contributed by atoms with Gasteiger partial charge in [0, 0.05) is 16.9 Å². The normalized spacial score (nSPS) is 19.2. The number of tetrazole rings is 1. The summed E-state index contributed by atoms with van der Waals surface area (Å²) in [5, 5.41) is 41.5. The first-order valence-electron chi connectivity index (χ1n) is 10.5. The number of carbonyl (C=O) groups excluding carboxylic acids is 2. The van der Waals surface area contributed by atoms with Crippen molar-refractivity contribution in [2.75, 3.05) is 18.1 Å². The number of carboxylic acid groups (broad SMARTS) is 2. The first-order chi connectivity index (χ1) is 18.3. The van der Waals surface area contributed by atoms with E-state index < -0.39 is 41.8 Å². The van der Waals surface area contributed by atoms with Crippen molar-refractivity contribution in [1.82, 2.24) is 40.5 Å². The van der Waals surface area contributed by atoms with Crippen molar-refractivity contribution in [3.63, 3.8) is 0 Å². The molecule has 2 amide bonds. The first-order valence-corrected chi connectivity index (χ1v) is 13.5. The van der Waals surface area contributed by atoms with Gasteiger partial charge in [-0.2, -0.15) is 0 Å². The van der Waals surface area contributed by atoms with Gasteiger partial charge in [-0.3, -0.25) is 14.5 Å². The van der Waals surface area contributed by atoms with Gasteiger partial charge in [0.15, 0.2) is 11.4 Å². The standard InChI is InChI=1S/C19H15N9O7S3/c29-12(30)3-35-24-13(9-6-36-7-20-9)16(31)21-14-17(32)27-15(19(33)34)8(5-38-18(14)27)4-37-11-2-1-10-22-25-26-28(10)23-11/h1-2,6-7,14,18H,3-5H2,(H,21,31)(H,29,30)(H,33,34)/t14?,18-/m1/s1. The van der Waals surface area contributed by atoms with Crippen LogP contribution in [-0.4, -0.2) is 104 Å². The monoisotopic (exact) mass is 577 g/mol. The minimum atomic E-state index is -1.29. The minimum Gasteiger partial charge on any atom is -0.479 e. The number of carboxylic acids is 2. The van der Waals surface area contributed by atoms with Crippen molar-refractivity contribution in [3.05, 3.63) is 40.0 Å². The van der Waals surface area contributed by atoms with Crippen molar-refractivity contribution in [2.45, 2.75) is 16.4 Å². The van der Waals surface area contributed by atoms with Gasteiger partial charge in [-0.05, 0) is 28.1 Å². The highest BCUT2D eigenvalue weighted by Crippen LogP contribution is 2.41. The second-order valence-electron chi connectivity index (χ2n) is 7.59. The van der Waals surface area contributed by atoms with Crippen LogP contribution in [0, 0.1) is 0 Å². The maximum atomic E-state index is 13.0. The second kappa shape index (κ2) is 10.7. The van der Waals surface area contributed by atoms with Crippen molar-refractivity contribution >= 4 is 70.0 Å². The van der Waals surface area contributed by atoms with Crippen molar-refractivity contribution in [1.29, 1.82) is 0 Å². The number of hydrogen-bond acceptors (Lipinski definition) is 14. The Hall–Kier alpha value is -4.10. The summed E-state index contributed by atoms with van der Waals surface area (Å²) < 4.78 is 1.25. The maximum Gasteiger partial charge on any atom is 0.352 e. The molecule has 196 valence electrons. The van der Waals surface area contributed by atoms with E-state index >= 15 is 0 Å². The molecule has 0 spiro atoms. The Morgan fingerprint density at radius 3 is 2.87 bits per heavy atom. The Labute approximate surface area is 224 Å². The number of oxime groups is 1. The zero-order valence-corrected chi connectivity index (χ0v) is 21.3. The van der Waals surface area contributed by atoms with E-state index in [1.165, 1.54) is 50.4 Å². The van der Waals surface area contributed by atoms with Crippen LogP contribution in [0.5, 0.6) is 0 Å². The fraction of sp³-hybridized carbons (Fsp3) is 0.263. The van der Waals surface area contributed by atoms with Gasteiger partial charge >= 0.3 is 11.9 Å². The van der Waals surface area contributed by atoms with E-state index in [1.54, 1.807) is 12.1 Å². The molecule has 1 unspecified atom stereocenters. The lowest BCUT2D eigenvalue weighted by Crippen LogP contribution is -2.71. The molecule has 3 N–H and O–H groups in total. The Morgan fingerprint density at radius 1 is 1.29 bits per heavy atom. The van der Waals surface area contributed by atoms with Gasteiger partial charge in [0.25, 0.3) is 11.8 Å². The van der Waals surface area contributed by atoms with Crippen LogP contribution in [0.1, 0.15) is 5.69 Å². The third-order valence-electron chi connectivity index (χ3n) is 5.21. The van der Waals surface area contributed by atoms with Crippen LogP contribution in [0.15, 0.2) is 44.5 Å². The Kier molecular flexibility index (Phi) is 7.20. The largest absolute Gasteiger partial charge is 0.479 e. The Morgan fingerprint density at radius 2 is 2.13 bits per heavy atom. The fourth-order valence-electron chi connectivity index (χ4n) is 3.56. The molecule has 38 heavy (non-hydrogen) atoms. The molecule has 19 heteroatoms. The smallest absolute Gasteiger partial charge is 0.352 e. The fourth-order valence-corrected chi connectivity index (χ4v) is 6.43. The van der Waals surface area contributed by atoms with Crippen LogP contribution in [0.2, 0.25) is 0 Å². The lowest BCUT2D eigenvalue weighted by atomic mass is 10.0. The van der Waals surface area contributed by atoms with E-state index in [2.05, 4.69) is 36.1 Å². The number of nitrogens with zero attached hydrogens (tertiary/aromatic N) is 8. The molecule has 5 rings (SSSR count). The summed E-state index contributed by atoms with van der Waals surface area (Å²) in [6.07, 6.45) is 0. The molecule has 0 bridgehead atoms. The molecule has 5 heterocycles.